The summed E-state index contributed by atoms with van der Waals surface area (Å²) in [4.78, 5) is 1.38. The zero-order chi connectivity index (χ0) is 10.4. The van der Waals surface area contributed by atoms with Gasteiger partial charge < -0.3 is 0 Å². The smallest absolute Gasteiger partial charge is 0.0701 e. The lowest BCUT2D eigenvalue weighted by Gasteiger charge is -2.13. The van der Waals surface area contributed by atoms with Crippen molar-refractivity contribution in [1.29, 1.82) is 0 Å². The summed E-state index contributed by atoms with van der Waals surface area (Å²) in [5.41, 5.74) is 2.87. The second kappa shape index (κ2) is 6.85. The van der Waals surface area contributed by atoms with E-state index >= 15 is 0 Å². The van der Waals surface area contributed by atoms with E-state index < -0.39 is 0 Å². The fourth-order valence-corrected chi connectivity index (χ4v) is 3.29. The Kier molecular flexibility index (Phi) is 6.12. The molecule has 0 fully saturated rings. The molecule has 0 spiro atoms. The Bertz CT molecular complexity index is 265. The van der Waals surface area contributed by atoms with E-state index in [0.717, 1.165) is 18.6 Å². The molecule has 0 aliphatic heterocycles. The van der Waals surface area contributed by atoms with Gasteiger partial charge in [0.05, 0.1) is 3.79 Å². The Morgan fingerprint density at radius 3 is 2.93 bits per heavy atom. The number of thioether (sulfide) groups is 1. The highest BCUT2D eigenvalue weighted by Crippen LogP contribution is 2.23. The van der Waals surface area contributed by atoms with Gasteiger partial charge in [-0.15, -0.1) is 11.3 Å². The SMILES string of the molecule is CSCCC(Cc1ccc(Br)s1)NN. The maximum atomic E-state index is 5.50. The van der Waals surface area contributed by atoms with Crippen LogP contribution in [-0.4, -0.2) is 18.1 Å². The fourth-order valence-electron chi connectivity index (χ4n) is 1.21. The first-order chi connectivity index (χ1) is 6.76. The van der Waals surface area contributed by atoms with Crippen molar-refractivity contribution >= 4 is 39.0 Å². The number of nitrogens with two attached hydrogens (primary N) is 1. The fraction of sp³-hybridized carbons (Fsp3) is 0.556. The Hall–Kier alpha value is 0.450. The first kappa shape index (κ1) is 12.5. The van der Waals surface area contributed by atoms with Crippen molar-refractivity contribution in [2.45, 2.75) is 18.9 Å². The molecule has 0 saturated heterocycles. The molecule has 5 heteroatoms. The molecule has 0 aromatic carbocycles. The monoisotopic (exact) mass is 294 g/mol. The van der Waals surface area contributed by atoms with Crippen molar-refractivity contribution in [1.82, 2.24) is 5.43 Å². The summed E-state index contributed by atoms with van der Waals surface area (Å²) in [6, 6.07) is 4.63. The summed E-state index contributed by atoms with van der Waals surface area (Å²) < 4.78 is 1.19. The minimum Gasteiger partial charge on any atom is -0.271 e. The molecule has 0 bridgehead atoms. The maximum Gasteiger partial charge on any atom is 0.0701 e. The van der Waals surface area contributed by atoms with Crippen LogP contribution in [0.25, 0.3) is 0 Å². The molecule has 1 aromatic heterocycles. The van der Waals surface area contributed by atoms with Crippen molar-refractivity contribution in [3.05, 3.63) is 20.8 Å². The minimum absolute atomic E-state index is 0.396. The molecule has 14 heavy (non-hydrogen) atoms. The van der Waals surface area contributed by atoms with Crippen LogP contribution in [0.1, 0.15) is 11.3 Å². The molecule has 1 heterocycles. The maximum absolute atomic E-state index is 5.50. The van der Waals surface area contributed by atoms with Gasteiger partial charge in [0.25, 0.3) is 0 Å². The summed E-state index contributed by atoms with van der Waals surface area (Å²) in [6.45, 7) is 0. The average Bonchev–Trinajstić information content (AvgIpc) is 2.58. The number of hydrogen-bond acceptors (Lipinski definition) is 4. The standard InChI is InChI=1S/C9H15BrN2S2/c1-13-5-4-7(12-11)6-8-2-3-9(10)14-8/h2-3,7,12H,4-6,11H2,1H3. The molecule has 0 radical (unpaired) electrons. The molecule has 0 aliphatic carbocycles. The molecule has 0 aliphatic rings. The number of thiophene rings is 1. The zero-order valence-electron chi connectivity index (χ0n) is 8.13. The Morgan fingerprint density at radius 1 is 1.64 bits per heavy atom. The number of rotatable bonds is 6. The van der Waals surface area contributed by atoms with Crippen LogP contribution in [0.2, 0.25) is 0 Å². The van der Waals surface area contributed by atoms with Gasteiger partial charge in [0, 0.05) is 10.9 Å². The summed E-state index contributed by atoms with van der Waals surface area (Å²) in [5, 5.41) is 0. The molecule has 80 valence electrons. The lowest BCUT2D eigenvalue weighted by molar-refractivity contribution is 0.517. The lowest BCUT2D eigenvalue weighted by atomic mass is 10.1. The minimum atomic E-state index is 0.396. The van der Waals surface area contributed by atoms with E-state index in [1.54, 1.807) is 11.3 Å². The summed E-state index contributed by atoms with van der Waals surface area (Å²) in [6.07, 6.45) is 4.26. The number of halogens is 1. The topological polar surface area (TPSA) is 38.0 Å². The quantitative estimate of drug-likeness (QED) is 0.626. The molecule has 1 unspecified atom stereocenters. The van der Waals surface area contributed by atoms with Crippen LogP contribution in [0.3, 0.4) is 0 Å². The van der Waals surface area contributed by atoms with Crippen LogP contribution in [0, 0.1) is 0 Å². The van der Waals surface area contributed by atoms with E-state index in [9.17, 15) is 0 Å². The zero-order valence-corrected chi connectivity index (χ0v) is 11.3. The highest BCUT2D eigenvalue weighted by atomic mass is 79.9. The molecular formula is C9H15BrN2S2. The largest absolute Gasteiger partial charge is 0.271 e. The van der Waals surface area contributed by atoms with Crippen LogP contribution in [-0.2, 0) is 6.42 Å². The molecular weight excluding hydrogens is 280 g/mol. The Labute approximate surface area is 102 Å². The molecule has 3 N–H and O–H groups in total. The van der Waals surface area contributed by atoms with Crippen LogP contribution >= 0.6 is 39.0 Å². The van der Waals surface area contributed by atoms with Crippen LogP contribution in [0.5, 0.6) is 0 Å². The Morgan fingerprint density at radius 2 is 2.43 bits per heavy atom. The van der Waals surface area contributed by atoms with Gasteiger partial charge in [0.2, 0.25) is 0 Å². The number of hydrazine groups is 1. The second-order valence-electron chi connectivity index (χ2n) is 3.06. The highest BCUT2D eigenvalue weighted by Gasteiger charge is 2.08. The van der Waals surface area contributed by atoms with Crippen molar-refractivity contribution in [2.24, 2.45) is 5.84 Å². The summed E-state index contributed by atoms with van der Waals surface area (Å²) in [5.74, 6) is 6.66. The summed E-state index contributed by atoms with van der Waals surface area (Å²) in [7, 11) is 0. The van der Waals surface area contributed by atoms with Gasteiger partial charge >= 0.3 is 0 Å². The van der Waals surface area contributed by atoms with Gasteiger partial charge in [-0.1, -0.05) is 0 Å². The third-order valence-corrected chi connectivity index (χ3v) is 4.27. The third-order valence-electron chi connectivity index (χ3n) is 1.98. The first-order valence-corrected chi connectivity index (χ1v) is 7.46. The number of nitrogens with one attached hydrogen (secondary N) is 1. The van der Waals surface area contributed by atoms with Gasteiger partial charge in [-0.3, -0.25) is 11.3 Å². The van der Waals surface area contributed by atoms with Crippen molar-refractivity contribution in [3.8, 4) is 0 Å². The highest BCUT2D eigenvalue weighted by molar-refractivity contribution is 9.11. The molecule has 1 aromatic rings. The van der Waals surface area contributed by atoms with E-state index in [1.165, 1.54) is 8.66 Å². The molecule has 0 amide bonds. The average molecular weight is 295 g/mol. The number of hydrogen-bond donors (Lipinski definition) is 2. The van der Waals surface area contributed by atoms with Crippen molar-refractivity contribution in [2.75, 3.05) is 12.0 Å². The van der Waals surface area contributed by atoms with E-state index in [2.05, 4.69) is 39.7 Å². The van der Waals surface area contributed by atoms with E-state index in [-0.39, 0.29) is 0 Å². The van der Waals surface area contributed by atoms with Crippen molar-refractivity contribution in [3.63, 3.8) is 0 Å². The van der Waals surface area contributed by atoms with E-state index in [1.807, 2.05) is 11.8 Å². The Balaban J connectivity index is 2.40. The summed E-state index contributed by atoms with van der Waals surface area (Å²) >= 11 is 7.10. The van der Waals surface area contributed by atoms with Crippen LogP contribution in [0.15, 0.2) is 15.9 Å². The molecule has 2 nitrogen and oxygen atoms in total. The van der Waals surface area contributed by atoms with Gasteiger partial charge in [0.15, 0.2) is 0 Å². The molecule has 1 rings (SSSR count). The van der Waals surface area contributed by atoms with Gasteiger partial charge in [0.1, 0.15) is 0 Å². The van der Waals surface area contributed by atoms with Gasteiger partial charge in [-0.05, 0) is 52.9 Å². The van der Waals surface area contributed by atoms with Gasteiger partial charge in [-0.25, -0.2) is 0 Å². The van der Waals surface area contributed by atoms with Crippen LogP contribution in [0.4, 0.5) is 0 Å². The van der Waals surface area contributed by atoms with Gasteiger partial charge in [-0.2, -0.15) is 11.8 Å². The van der Waals surface area contributed by atoms with E-state index in [4.69, 9.17) is 5.84 Å². The van der Waals surface area contributed by atoms with E-state index in [0.29, 0.717) is 6.04 Å². The third kappa shape index (κ3) is 4.31. The van der Waals surface area contributed by atoms with Crippen molar-refractivity contribution < 1.29 is 0 Å². The normalized spacial score (nSPS) is 13.1. The first-order valence-electron chi connectivity index (χ1n) is 4.45. The molecule has 1 atom stereocenters. The molecule has 0 saturated carbocycles. The predicted octanol–water partition coefficient (Wildman–Crippen LogP) is 2.64. The van der Waals surface area contributed by atoms with Crippen LogP contribution < -0.4 is 11.3 Å². The second-order valence-corrected chi connectivity index (χ2v) is 6.59. The lowest BCUT2D eigenvalue weighted by Crippen LogP contribution is -2.37. The predicted molar refractivity (Wildman–Crippen MR) is 69.8 cm³/mol.